The van der Waals surface area contributed by atoms with Crippen molar-refractivity contribution in [1.29, 1.82) is 0 Å². The topological polar surface area (TPSA) is 94.8 Å². The number of carbonyl (C=O) groups excluding carboxylic acids is 1. The zero-order valence-corrected chi connectivity index (χ0v) is 25.8. The molecule has 0 atom stereocenters. The van der Waals surface area contributed by atoms with Crippen molar-refractivity contribution in [2.45, 2.75) is 25.3 Å². The number of aromatic amines is 1. The number of benzene rings is 3. The van der Waals surface area contributed by atoms with Crippen molar-refractivity contribution in [2.24, 2.45) is 0 Å². The summed E-state index contributed by atoms with van der Waals surface area (Å²) in [6.07, 6.45) is 0. The second-order valence-corrected chi connectivity index (χ2v) is 11.8. The number of hydrogen-bond acceptors (Lipinski definition) is 7. The number of nitrogens with zero attached hydrogens (tertiary/aromatic N) is 3. The third kappa shape index (κ3) is 6.85. The first-order valence-electron chi connectivity index (χ1n) is 14.7. The largest absolute Gasteiger partial charge is 0.382 e. The molecule has 3 N–H and O–H groups in total. The van der Waals surface area contributed by atoms with Crippen LogP contribution in [0.2, 0.25) is 0 Å². The summed E-state index contributed by atoms with van der Waals surface area (Å²) in [5, 5.41) is 14.5. The number of nitrogens with one attached hydrogen (secondary N) is 3. The van der Waals surface area contributed by atoms with Crippen LogP contribution in [0.25, 0.3) is 10.9 Å². The lowest BCUT2D eigenvalue weighted by molar-refractivity contribution is 0.102. The first kappa shape index (κ1) is 31.4. The van der Waals surface area contributed by atoms with Crippen LogP contribution >= 0.6 is 0 Å². The van der Waals surface area contributed by atoms with Crippen molar-refractivity contribution in [1.82, 2.24) is 15.1 Å². The number of fused-ring (bicyclic) bond motifs is 1. The molecule has 2 heterocycles. The number of anilines is 3. The summed E-state index contributed by atoms with van der Waals surface area (Å²) in [4.78, 5) is 18.4. The average Bonchev–Trinajstić information content (AvgIpc) is 3.39. The standard InChI is InChI=1S/C33H40F2N6O3/c1-33(2,22-14-23(34)17-24(35)15-22)21-6-9-29-28(16-21)31(39-38-29)37-32(42)27-8-7-26(41-12-10-40(3)11-13-41)18-30(27)36-25(19-43-4)20-44-5/h6-9,14-18,25,36H,10-13,19-20H2,1-5H3,(H2,37,38,39,42). The Bertz CT molecular complexity index is 1590. The van der Waals surface area contributed by atoms with Gasteiger partial charge in [-0.25, -0.2) is 8.78 Å². The van der Waals surface area contributed by atoms with E-state index in [1.807, 2.05) is 50.2 Å². The molecule has 11 heteroatoms. The number of H-pyrrole nitrogens is 1. The smallest absolute Gasteiger partial charge is 0.258 e. The van der Waals surface area contributed by atoms with Crippen LogP contribution in [0.4, 0.5) is 26.0 Å². The lowest BCUT2D eigenvalue weighted by Crippen LogP contribution is -2.44. The molecule has 0 spiro atoms. The van der Waals surface area contributed by atoms with Gasteiger partial charge in [-0.15, -0.1) is 0 Å². The molecule has 3 aromatic carbocycles. The lowest BCUT2D eigenvalue weighted by atomic mass is 9.78. The molecule has 0 unspecified atom stereocenters. The molecule has 1 aromatic heterocycles. The van der Waals surface area contributed by atoms with Crippen molar-refractivity contribution in [3.05, 3.63) is 82.9 Å². The van der Waals surface area contributed by atoms with Crippen LogP contribution in [-0.2, 0) is 14.9 Å². The van der Waals surface area contributed by atoms with Crippen LogP contribution in [0, 0.1) is 11.6 Å². The van der Waals surface area contributed by atoms with Crippen LogP contribution in [-0.4, -0.2) is 87.7 Å². The maximum atomic E-state index is 14.1. The number of rotatable bonds is 11. The quantitative estimate of drug-likeness (QED) is 0.215. The molecule has 1 fully saturated rings. The highest BCUT2D eigenvalue weighted by atomic mass is 19.1. The molecule has 9 nitrogen and oxygen atoms in total. The summed E-state index contributed by atoms with van der Waals surface area (Å²) in [6, 6.07) is 14.8. The predicted octanol–water partition coefficient (Wildman–Crippen LogP) is 5.24. The van der Waals surface area contributed by atoms with Gasteiger partial charge >= 0.3 is 0 Å². The number of amides is 1. The van der Waals surface area contributed by atoms with Crippen molar-refractivity contribution >= 4 is 34.0 Å². The predicted molar refractivity (Wildman–Crippen MR) is 170 cm³/mol. The minimum atomic E-state index is -0.719. The van der Waals surface area contributed by atoms with Gasteiger partial charge in [-0.05, 0) is 60.6 Å². The van der Waals surface area contributed by atoms with E-state index in [1.165, 1.54) is 12.1 Å². The van der Waals surface area contributed by atoms with E-state index >= 15 is 0 Å². The molecule has 0 saturated carbocycles. The van der Waals surface area contributed by atoms with E-state index in [1.54, 1.807) is 14.2 Å². The number of ether oxygens (including phenoxy) is 2. The summed E-state index contributed by atoms with van der Waals surface area (Å²) in [6.45, 7) is 8.29. The van der Waals surface area contributed by atoms with Crippen molar-refractivity contribution < 1.29 is 23.0 Å². The van der Waals surface area contributed by atoms with Crippen LogP contribution in [0.15, 0.2) is 54.6 Å². The Kier molecular flexibility index (Phi) is 9.48. The van der Waals surface area contributed by atoms with Crippen LogP contribution in [0.1, 0.15) is 35.3 Å². The minimum absolute atomic E-state index is 0.178. The zero-order valence-electron chi connectivity index (χ0n) is 25.8. The van der Waals surface area contributed by atoms with Gasteiger partial charge in [-0.1, -0.05) is 19.9 Å². The second kappa shape index (κ2) is 13.3. The first-order chi connectivity index (χ1) is 21.1. The van der Waals surface area contributed by atoms with Gasteiger partial charge in [0, 0.05) is 68.6 Å². The van der Waals surface area contributed by atoms with Crippen LogP contribution in [0.3, 0.4) is 0 Å². The summed E-state index contributed by atoms with van der Waals surface area (Å²) >= 11 is 0. The molecule has 44 heavy (non-hydrogen) atoms. The van der Waals surface area contributed by atoms with Gasteiger partial charge in [0.2, 0.25) is 0 Å². The minimum Gasteiger partial charge on any atom is -0.382 e. The molecule has 234 valence electrons. The van der Waals surface area contributed by atoms with E-state index in [2.05, 4.69) is 37.7 Å². The number of hydrogen-bond donors (Lipinski definition) is 3. The summed E-state index contributed by atoms with van der Waals surface area (Å²) in [5.74, 6) is -1.25. The fraction of sp³-hybridized carbons (Fsp3) is 0.394. The molecular formula is C33H40F2N6O3. The van der Waals surface area contributed by atoms with Gasteiger partial charge in [0.1, 0.15) is 11.6 Å². The number of likely N-dealkylation sites (N-methyl/N-ethyl adjacent to an activating group) is 1. The van der Waals surface area contributed by atoms with E-state index < -0.39 is 17.0 Å². The maximum Gasteiger partial charge on any atom is 0.258 e. The van der Waals surface area contributed by atoms with Gasteiger partial charge in [0.25, 0.3) is 5.91 Å². The third-order valence-electron chi connectivity index (χ3n) is 8.31. The van der Waals surface area contributed by atoms with Gasteiger partial charge in [0.05, 0.1) is 30.3 Å². The number of halogens is 2. The van der Waals surface area contributed by atoms with Crippen molar-refractivity contribution in [3.8, 4) is 0 Å². The van der Waals surface area contributed by atoms with Crippen molar-refractivity contribution in [2.75, 3.05) is 76.2 Å². The average molecular weight is 607 g/mol. The van der Waals surface area contributed by atoms with E-state index in [9.17, 15) is 13.6 Å². The molecule has 0 aliphatic carbocycles. The Labute approximate surface area is 256 Å². The lowest BCUT2D eigenvalue weighted by Gasteiger charge is -2.34. The summed E-state index contributed by atoms with van der Waals surface area (Å²) in [5.41, 5.74) is 3.44. The fourth-order valence-corrected chi connectivity index (χ4v) is 5.62. The first-order valence-corrected chi connectivity index (χ1v) is 14.7. The molecular weight excluding hydrogens is 566 g/mol. The normalized spacial score (nSPS) is 14.4. The van der Waals surface area contributed by atoms with Crippen LogP contribution < -0.4 is 15.5 Å². The molecule has 0 bridgehead atoms. The van der Waals surface area contributed by atoms with Gasteiger partial charge in [-0.3, -0.25) is 9.89 Å². The van der Waals surface area contributed by atoms with Gasteiger partial charge in [0.15, 0.2) is 5.82 Å². The van der Waals surface area contributed by atoms with E-state index in [4.69, 9.17) is 9.47 Å². The molecule has 5 rings (SSSR count). The Balaban J connectivity index is 1.46. The Morgan fingerprint density at radius 2 is 1.64 bits per heavy atom. The highest BCUT2D eigenvalue weighted by molar-refractivity contribution is 6.11. The van der Waals surface area contributed by atoms with E-state index in [0.717, 1.165) is 43.5 Å². The van der Waals surface area contributed by atoms with E-state index in [-0.39, 0.29) is 11.9 Å². The molecule has 4 aromatic rings. The van der Waals surface area contributed by atoms with Gasteiger partial charge in [-0.2, -0.15) is 5.10 Å². The highest BCUT2D eigenvalue weighted by Gasteiger charge is 2.26. The zero-order chi connectivity index (χ0) is 31.4. The Morgan fingerprint density at radius 1 is 0.955 bits per heavy atom. The molecule has 1 aliphatic rings. The Morgan fingerprint density at radius 3 is 2.30 bits per heavy atom. The van der Waals surface area contributed by atoms with Crippen molar-refractivity contribution in [3.63, 3.8) is 0 Å². The number of methoxy groups -OCH3 is 2. The molecule has 0 radical (unpaired) electrons. The maximum absolute atomic E-state index is 14.1. The number of carbonyl (C=O) groups is 1. The molecule has 1 saturated heterocycles. The number of piperazine rings is 1. The monoisotopic (exact) mass is 606 g/mol. The second-order valence-electron chi connectivity index (χ2n) is 11.8. The van der Waals surface area contributed by atoms with Crippen LogP contribution in [0.5, 0.6) is 0 Å². The fourth-order valence-electron chi connectivity index (χ4n) is 5.62. The summed E-state index contributed by atoms with van der Waals surface area (Å²) in [7, 11) is 5.37. The Hall–Kier alpha value is -4.06. The molecule has 1 aliphatic heterocycles. The SMILES string of the molecule is COCC(COC)Nc1cc(N2CCN(C)CC2)ccc1C(=O)Nc1n[nH]c2ccc(C(C)(C)c3cc(F)cc(F)c3)cc12. The highest BCUT2D eigenvalue weighted by Crippen LogP contribution is 2.35. The number of aromatic nitrogens is 2. The third-order valence-corrected chi connectivity index (χ3v) is 8.31. The summed E-state index contributed by atoms with van der Waals surface area (Å²) < 4.78 is 38.9. The van der Waals surface area contributed by atoms with E-state index in [0.29, 0.717) is 46.7 Å². The molecule has 1 amide bonds. The van der Waals surface area contributed by atoms with Gasteiger partial charge < -0.3 is 29.9 Å².